The van der Waals surface area contributed by atoms with E-state index in [1.54, 1.807) is 0 Å². The van der Waals surface area contributed by atoms with E-state index in [1.165, 1.54) is 11.3 Å². The van der Waals surface area contributed by atoms with Gasteiger partial charge in [0.2, 0.25) is 0 Å². The fourth-order valence-electron chi connectivity index (χ4n) is 1.88. The lowest BCUT2D eigenvalue weighted by Gasteiger charge is -2.02. The number of hydrogen-bond acceptors (Lipinski definition) is 2. The predicted octanol–water partition coefficient (Wildman–Crippen LogP) is 3.63. The van der Waals surface area contributed by atoms with E-state index in [2.05, 4.69) is 11.4 Å². The fraction of sp³-hybridized carbons (Fsp3) is 0.0625. The highest BCUT2D eigenvalue weighted by Crippen LogP contribution is 2.24. The van der Waals surface area contributed by atoms with Crippen LogP contribution in [0.3, 0.4) is 0 Å². The highest BCUT2D eigenvalue weighted by molar-refractivity contribution is 7.20. The van der Waals surface area contributed by atoms with E-state index in [4.69, 9.17) is 0 Å². The van der Waals surface area contributed by atoms with E-state index in [0.29, 0.717) is 11.4 Å². The van der Waals surface area contributed by atoms with Gasteiger partial charge >= 0.3 is 0 Å². The Balaban J connectivity index is 1.73. The average Bonchev–Trinajstić information content (AvgIpc) is 2.90. The van der Waals surface area contributed by atoms with Crippen molar-refractivity contribution in [2.45, 2.75) is 6.54 Å². The van der Waals surface area contributed by atoms with Crippen molar-refractivity contribution in [2.24, 2.45) is 0 Å². The summed E-state index contributed by atoms with van der Waals surface area (Å²) in [6.45, 7) is 0.543. The molecule has 3 aromatic rings. The molecule has 0 bridgehead atoms. The summed E-state index contributed by atoms with van der Waals surface area (Å²) in [5.74, 6) is -0.0648. The molecule has 0 saturated heterocycles. The number of nitrogens with one attached hydrogen (secondary N) is 1. The molecule has 93 valence electrons. The molecule has 1 N–H and O–H groups in total. The molecule has 19 heavy (non-hydrogen) atoms. The van der Waals surface area contributed by atoms with Crippen molar-refractivity contribution in [3.63, 3.8) is 0 Å². The summed E-state index contributed by atoms with van der Waals surface area (Å²) < 4.78 is 1.09. The molecular formula is C16H12NOS. The van der Waals surface area contributed by atoms with Crippen LogP contribution in [0.15, 0.2) is 54.6 Å². The molecule has 0 spiro atoms. The summed E-state index contributed by atoms with van der Waals surface area (Å²) in [6, 6.07) is 20.9. The van der Waals surface area contributed by atoms with E-state index >= 15 is 0 Å². The number of rotatable bonds is 3. The Morgan fingerprint density at radius 1 is 1.05 bits per heavy atom. The normalized spacial score (nSPS) is 10.5. The molecule has 0 unspecified atom stereocenters. The van der Waals surface area contributed by atoms with E-state index in [1.807, 2.05) is 54.6 Å². The summed E-state index contributed by atoms with van der Waals surface area (Å²) in [7, 11) is 0. The molecule has 0 fully saturated rings. The topological polar surface area (TPSA) is 29.1 Å². The van der Waals surface area contributed by atoms with Crippen LogP contribution in [-0.4, -0.2) is 5.91 Å². The van der Waals surface area contributed by atoms with Crippen LogP contribution in [0.2, 0.25) is 0 Å². The molecule has 2 aromatic carbocycles. The molecule has 2 nitrogen and oxygen atoms in total. The third-order valence-corrected chi connectivity index (χ3v) is 3.92. The van der Waals surface area contributed by atoms with Crippen molar-refractivity contribution < 1.29 is 4.79 Å². The van der Waals surface area contributed by atoms with E-state index in [0.717, 1.165) is 15.6 Å². The second kappa shape index (κ2) is 5.24. The van der Waals surface area contributed by atoms with E-state index in [9.17, 15) is 4.79 Å². The second-order valence-electron chi connectivity index (χ2n) is 4.22. The Morgan fingerprint density at radius 2 is 1.79 bits per heavy atom. The highest BCUT2D eigenvalue weighted by atomic mass is 32.1. The smallest absolute Gasteiger partial charge is 0.262 e. The molecule has 3 heteroatoms. The molecule has 1 amide bonds. The van der Waals surface area contributed by atoms with Crippen molar-refractivity contribution in [1.29, 1.82) is 0 Å². The molecule has 3 rings (SSSR count). The van der Waals surface area contributed by atoms with Gasteiger partial charge in [-0.25, -0.2) is 0 Å². The zero-order valence-corrected chi connectivity index (χ0v) is 11.0. The van der Waals surface area contributed by atoms with Gasteiger partial charge in [0, 0.05) is 22.7 Å². The highest BCUT2D eigenvalue weighted by Gasteiger charge is 2.09. The van der Waals surface area contributed by atoms with Gasteiger partial charge in [-0.15, -0.1) is 11.3 Å². The van der Waals surface area contributed by atoms with Gasteiger partial charge in [-0.1, -0.05) is 48.5 Å². The van der Waals surface area contributed by atoms with E-state index in [-0.39, 0.29) is 5.91 Å². The first-order chi connectivity index (χ1) is 9.33. The predicted molar refractivity (Wildman–Crippen MR) is 78.3 cm³/mol. The van der Waals surface area contributed by atoms with Crippen LogP contribution >= 0.6 is 11.3 Å². The first kappa shape index (κ1) is 11.9. The van der Waals surface area contributed by atoms with Crippen molar-refractivity contribution in [1.82, 2.24) is 5.32 Å². The van der Waals surface area contributed by atoms with Gasteiger partial charge in [0.25, 0.3) is 5.91 Å². The quantitative estimate of drug-likeness (QED) is 0.770. The third-order valence-electron chi connectivity index (χ3n) is 2.85. The minimum atomic E-state index is -0.0648. The SMILES string of the molecule is O=C(NCc1ccccc1)c1[c]c2ccccc2s1. The summed E-state index contributed by atoms with van der Waals surface area (Å²) in [6.07, 6.45) is 0. The Hall–Kier alpha value is -2.13. The zero-order valence-electron chi connectivity index (χ0n) is 10.2. The van der Waals surface area contributed by atoms with Crippen molar-refractivity contribution >= 4 is 27.3 Å². The van der Waals surface area contributed by atoms with Gasteiger partial charge in [0.05, 0.1) is 0 Å². The average molecular weight is 266 g/mol. The minimum absolute atomic E-state index is 0.0648. The molecule has 1 heterocycles. The van der Waals surface area contributed by atoms with Crippen molar-refractivity contribution in [3.05, 3.63) is 71.1 Å². The van der Waals surface area contributed by atoms with Gasteiger partial charge in [0.15, 0.2) is 0 Å². The lowest BCUT2D eigenvalue weighted by Crippen LogP contribution is -2.21. The molecule has 0 aliphatic rings. The molecule has 0 aliphatic carbocycles. The molecule has 0 saturated carbocycles. The van der Waals surface area contributed by atoms with Gasteiger partial charge in [-0.2, -0.15) is 0 Å². The van der Waals surface area contributed by atoms with Crippen LogP contribution in [0.5, 0.6) is 0 Å². The van der Waals surface area contributed by atoms with Crippen LogP contribution in [0, 0.1) is 6.07 Å². The Morgan fingerprint density at radius 3 is 2.58 bits per heavy atom. The summed E-state index contributed by atoms with van der Waals surface area (Å²) >= 11 is 1.47. The summed E-state index contributed by atoms with van der Waals surface area (Å²) in [4.78, 5) is 12.7. The monoisotopic (exact) mass is 266 g/mol. The molecule has 0 atom stereocenters. The van der Waals surface area contributed by atoms with Crippen LogP contribution < -0.4 is 5.32 Å². The number of thiophene rings is 1. The Labute approximate surface area is 115 Å². The van der Waals surface area contributed by atoms with E-state index < -0.39 is 0 Å². The van der Waals surface area contributed by atoms with Crippen LogP contribution in [-0.2, 0) is 6.54 Å². The number of amides is 1. The van der Waals surface area contributed by atoms with Crippen molar-refractivity contribution in [2.75, 3.05) is 0 Å². The number of benzene rings is 2. The maximum absolute atomic E-state index is 12.1. The molecule has 1 aromatic heterocycles. The fourth-order valence-corrected chi connectivity index (χ4v) is 2.80. The Kier molecular flexibility index (Phi) is 3.29. The molecule has 0 aliphatic heterocycles. The lowest BCUT2D eigenvalue weighted by molar-refractivity contribution is 0.0955. The first-order valence-electron chi connectivity index (χ1n) is 6.06. The maximum atomic E-state index is 12.1. The third kappa shape index (κ3) is 2.66. The van der Waals surface area contributed by atoms with Crippen LogP contribution in [0.1, 0.15) is 15.2 Å². The van der Waals surface area contributed by atoms with Crippen molar-refractivity contribution in [3.8, 4) is 0 Å². The van der Waals surface area contributed by atoms with Gasteiger partial charge in [0.1, 0.15) is 4.88 Å². The second-order valence-corrected chi connectivity index (χ2v) is 5.27. The maximum Gasteiger partial charge on any atom is 0.262 e. The molecule has 1 radical (unpaired) electrons. The summed E-state index contributed by atoms with van der Waals surface area (Å²) in [5, 5.41) is 3.91. The standard InChI is InChI=1S/C16H12NOS/c18-16(17-11-12-6-2-1-3-7-12)15-10-13-8-4-5-9-14(13)19-15/h1-9H,11H2,(H,17,18). The number of fused-ring (bicyclic) bond motifs is 1. The largest absolute Gasteiger partial charge is 0.347 e. The van der Waals surface area contributed by atoms with Gasteiger partial charge in [-0.05, 0) is 11.6 Å². The number of carbonyl (C=O) groups is 1. The van der Waals surface area contributed by atoms with Gasteiger partial charge < -0.3 is 5.32 Å². The molecular weight excluding hydrogens is 254 g/mol. The Bertz CT molecular complexity index is 670. The van der Waals surface area contributed by atoms with Gasteiger partial charge in [-0.3, -0.25) is 4.79 Å². The van der Waals surface area contributed by atoms with Crippen LogP contribution in [0.25, 0.3) is 10.1 Å². The minimum Gasteiger partial charge on any atom is -0.347 e. The number of hydrogen-bond donors (Lipinski definition) is 1. The first-order valence-corrected chi connectivity index (χ1v) is 6.87. The summed E-state index contributed by atoms with van der Waals surface area (Å²) in [5.41, 5.74) is 1.09. The van der Waals surface area contributed by atoms with Crippen LogP contribution in [0.4, 0.5) is 0 Å². The zero-order chi connectivity index (χ0) is 13.1. The lowest BCUT2D eigenvalue weighted by atomic mass is 10.2. The number of carbonyl (C=O) groups excluding carboxylic acids is 1.